The van der Waals surface area contributed by atoms with Crippen LogP contribution >= 0.6 is 58.2 Å². The molecule has 4 rings (SSSR count). The van der Waals surface area contributed by atoms with Crippen molar-refractivity contribution in [2.45, 2.75) is 13.8 Å². The number of phenols is 1. The zero-order chi connectivity index (χ0) is 23.9. The second kappa shape index (κ2) is 9.61. The normalized spacial score (nSPS) is 16.3. The summed E-state index contributed by atoms with van der Waals surface area (Å²) in [5, 5.41) is 11.6. The highest BCUT2D eigenvalue weighted by atomic mass is 35.5. The van der Waals surface area contributed by atoms with Crippen LogP contribution in [0.2, 0.25) is 20.1 Å². The quantitative estimate of drug-likeness (QED) is 0.341. The number of hydrogen-bond acceptors (Lipinski definition) is 4. The monoisotopic (exact) mass is 536 g/mol. The van der Waals surface area contributed by atoms with Crippen LogP contribution in [0.1, 0.15) is 16.7 Å². The smallest absolute Gasteiger partial charge is 0.271 e. The van der Waals surface area contributed by atoms with Gasteiger partial charge in [0.2, 0.25) is 0 Å². The van der Waals surface area contributed by atoms with Crippen molar-refractivity contribution in [1.29, 1.82) is 0 Å². The summed E-state index contributed by atoms with van der Waals surface area (Å²) in [6.07, 6.45) is 1.65. The van der Waals surface area contributed by atoms with E-state index in [0.717, 1.165) is 11.1 Å². The zero-order valence-electron chi connectivity index (χ0n) is 17.4. The summed E-state index contributed by atoms with van der Waals surface area (Å²) >= 11 is 25.9. The highest BCUT2D eigenvalue weighted by Gasteiger charge is 2.35. The zero-order valence-corrected chi connectivity index (χ0v) is 21.2. The number of aromatic hydroxyl groups is 1. The molecule has 0 spiro atoms. The Hall–Kier alpha value is -2.15. The van der Waals surface area contributed by atoms with E-state index in [0.29, 0.717) is 37.1 Å². The number of amidine groups is 1. The van der Waals surface area contributed by atoms with E-state index in [4.69, 9.17) is 46.4 Å². The van der Waals surface area contributed by atoms with Crippen molar-refractivity contribution in [3.8, 4) is 5.75 Å². The molecule has 0 saturated carbocycles. The number of thioether (sulfide) groups is 1. The standard InChI is InChI=1S/C24H16Cl4N2O2S/c1-12-3-5-15(10-17(12)25)29-24-30(16-6-4-13(2)18(26)11-16)23(32)21(33-24)9-14-7-19(27)22(31)20(28)8-14/h3-11,31H,1-2H3/b21-9+,29-24?. The van der Waals surface area contributed by atoms with Gasteiger partial charge in [-0.05, 0) is 84.8 Å². The number of phenolic OH excluding ortho intramolecular Hbond substituents is 1. The molecule has 9 heteroatoms. The Balaban J connectivity index is 1.82. The molecule has 1 saturated heterocycles. The number of hydrogen-bond donors (Lipinski definition) is 1. The van der Waals surface area contributed by atoms with Gasteiger partial charge in [-0.15, -0.1) is 0 Å². The second-order valence-corrected chi connectivity index (χ2v) is 9.98. The molecule has 1 N–H and O–H groups in total. The Kier molecular flexibility index (Phi) is 6.99. The van der Waals surface area contributed by atoms with E-state index in [1.807, 2.05) is 38.1 Å². The Labute approximate surface area is 215 Å². The molecule has 1 aliphatic heterocycles. The predicted molar refractivity (Wildman–Crippen MR) is 141 cm³/mol. The van der Waals surface area contributed by atoms with Crippen LogP contribution in [-0.4, -0.2) is 16.2 Å². The summed E-state index contributed by atoms with van der Waals surface area (Å²) in [6, 6.07) is 13.9. The first kappa shape index (κ1) is 24.0. The highest BCUT2D eigenvalue weighted by molar-refractivity contribution is 8.19. The van der Waals surface area contributed by atoms with Crippen molar-refractivity contribution in [3.63, 3.8) is 0 Å². The molecule has 0 radical (unpaired) electrons. The van der Waals surface area contributed by atoms with Crippen LogP contribution in [0.4, 0.5) is 11.4 Å². The van der Waals surface area contributed by atoms with Crippen LogP contribution in [0.5, 0.6) is 5.75 Å². The van der Waals surface area contributed by atoms with Gasteiger partial charge in [0.05, 0.1) is 26.3 Å². The molecule has 0 unspecified atom stereocenters. The van der Waals surface area contributed by atoms with Crippen LogP contribution < -0.4 is 4.90 Å². The van der Waals surface area contributed by atoms with Crippen LogP contribution in [0, 0.1) is 13.8 Å². The van der Waals surface area contributed by atoms with E-state index in [-0.39, 0.29) is 21.7 Å². The van der Waals surface area contributed by atoms with E-state index in [1.165, 1.54) is 28.8 Å². The first-order valence-electron chi connectivity index (χ1n) is 9.67. The predicted octanol–water partition coefficient (Wildman–Crippen LogP) is 8.43. The Morgan fingerprint density at radius 2 is 1.48 bits per heavy atom. The molecule has 1 fully saturated rings. The summed E-state index contributed by atoms with van der Waals surface area (Å²) < 4.78 is 0. The first-order valence-corrected chi connectivity index (χ1v) is 12.0. The van der Waals surface area contributed by atoms with Gasteiger partial charge < -0.3 is 5.11 Å². The number of aliphatic imine (C=N–C) groups is 1. The lowest BCUT2D eigenvalue weighted by Gasteiger charge is -2.16. The summed E-state index contributed by atoms with van der Waals surface area (Å²) in [7, 11) is 0. The van der Waals surface area contributed by atoms with Gasteiger partial charge in [0.1, 0.15) is 0 Å². The Morgan fingerprint density at radius 1 is 0.879 bits per heavy atom. The number of halogens is 4. The van der Waals surface area contributed by atoms with Gasteiger partial charge in [0.25, 0.3) is 5.91 Å². The number of carbonyl (C=O) groups excluding carboxylic acids is 1. The molecule has 3 aromatic carbocycles. The van der Waals surface area contributed by atoms with E-state index >= 15 is 0 Å². The summed E-state index contributed by atoms with van der Waals surface area (Å²) in [5.41, 5.74) is 3.60. The number of aryl methyl sites for hydroxylation is 2. The third kappa shape index (κ3) is 5.03. The van der Waals surface area contributed by atoms with Gasteiger partial charge in [-0.2, -0.15) is 0 Å². The van der Waals surface area contributed by atoms with Gasteiger partial charge >= 0.3 is 0 Å². The molecular formula is C24H16Cl4N2O2S. The lowest BCUT2D eigenvalue weighted by Crippen LogP contribution is -2.28. The van der Waals surface area contributed by atoms with Crippen molar-refractivity contribution in [1.82, 2.24) is 0 Å². The fraction of sp³-hybridized carbons (Fsp3) is 0.0833. The first-order chi connectivity index (χ1) is 15.6. The minimum absolute atomic E-state index is 0.0927. The molecule has 0 aromatic heterocycles. The average molecular weight is 538 g/mol. The lowest BCUT2D eigenvalue weighted by atomic mass is 10.2. The van der Waals surface area contributed by atoms with E-state index in [2.05, 4.69) is 4.99 Å². The minimum atomic E-state index is -0.280. The maximum Gasteiger partial charge on any atom is 0.271 e. The molecule has 0 aliphatic carbocycles. The summed E-state index contributed by atoms with van der Waals surface area (Å²) in [6.45, 7) is 3.79. The van der Waals surface area contributed by atoms with Crippen LogP contribution in [-0.2, 0) is 4.79 Å². The maximum absolute atomic E-state index is 13.4. The SMILES string of the molecule is Cc1ccc(N=C2S/C(=C/c3cc(Cl)c(O)c(Cl)c3)C(=O)N2c2ccc(C)c(Cl)c2)cc1Cl. The van der Waals surface area contributed by atoms with Crippen LogP contribution in [0.3, 0.4) is 0 Å². The highest BCUT2D eigenvalue weighted by Crippen LogP contribution is 2.40. The molecule has 33 heavy (non-hydrogen) atoms. The fourth-order valence-electron chi connectivity index (χ4n) is 3.08. The molecule has 1 aliphatic rings. The molecule has 1 amide bonds. The van der Waals surface area contributed by atoms with Crippen LogP contribution in [0.25, 0.3) is 6.08 Å². The van der Waals surface area contributed by atoms with Crippen molar-refractivity contribution in [2.75, 3.05) is 4.90 Å². The number of carbonyl (C=O) groups is 1. The number of benzene rings is 3. The van der Waals surface area contributed by atoms with Gasteiger partial charge in [-0.25, -0.2) is 4.99 Å². The average Bonchev–Trinajstić information content (AvgIpc) is 3.05. The molecular weight excluding hydrogens is 522 g/mol. The van der Waals surface area contributed by atoms with Gasteiger partial charge in [-0.1, -0.05) is 58.5 Å². The molecule has 1 heterocycles. The van der Waals surface area contributed by atoms with Crippen molar-refractivity contribution in [2.24, 2.45) is 4.99 Å². The minimum Gasteiger partial charge on any atom is -0.505 e. The van der Waals surface area contributed by atoms with E-state index < -0.39 is 0 Å². The topological polar surface area (TPSA) is 52.9 Å². The number of anilines is 1. The van der Waals surface area contributed by atoms with E-state index in [1.54, 1.807) is 18.2 Å². The molecule has 0 atom stereocenters. The third-order valence-electron chi connectivity index (χ3n) is 4.94. The van der Waals surface area contributed by atoms with Crippen LogP contribution in [0.15, 0.2) is 58.4 Å². The number of amides is 1. The van der Waals surface area contributed by atoms with Gasteiger partial charge in [0.15, 0.2) is 10.9 Å². The third-order valence-corrected chi connectivity index (χ3v) is 7.30. The van der Waals surface area contributed by atoms with E-state index in [9.17, 15) is 9.90 Å². The Morgan fingerprint density at radius 3 is 2.09 bits per heavy atom. The lowest BCUT2D eigenvalue weighted by molar-refractivity contribution is -0.113. The fourth-order valence-corrected chi connectivity index (χ4v) is 4.93. The van der Waals surface area contributed by atoms with Crippen molar-refractivity contribution in [3.05, 3.63) is 90.2 Å². The van der Waals surface area contributed by atoms with Crippen molar-refractivity contribution < 1.29 is 9.90 Å². The number of nitrogens with zero attached hydrogens (tertiary/aromatic N) is 2. The summed E-state index contributed by atoms with van der Waals surface area (Å²) in [4.78, 5) is 20.0. The molecule has 0 bridgehead atoms. The van der Waals surface area contributed by atoms with Gasteiger partial charge in [-0.3, -0.25) is 9.69 Å². The largest absolute Gasteiger partial charge is 0.505 e. The molecule has 4 nitrogen and oxygen atoms in total. The number of rotatable bonds is 3. The second-order valence-electron chi connectivity index (χ2n) is 7.35. The Bertz CT molecular complexity index is 1330. The summed E-state index contributed by atoms with van der Waals surface area (Å²) in [5.74, 6) is -0.488. The van der Waals surface area contributed by atoms with Gasteiger partial charge in [0, 0.05) is 10.0 Å². The maximum atomic E-state index is 13.4. The molecule has 3 aromatic rings. The van der Waals surface area contributed by atoms with Crippen molar-refractivity contribution >= 4 is 86.7 Å². The molecule has 168 valence electrons.